The number of carbonyl (C=O) groups is 2. The number of benzene rings is 2. The largest absolute Gasteiger partial charge is 0.455 e. The molecule has 0 spiro atoms. The van der Waals surface area contributed by atoms with Crippen LogP contribution in [0.2, 0.25) is 0 Å². The Balaban J connectivity index is 1.20. The molecule has 29 heavy (non-hydrogen) atoms. The third-order valence-corrected chi connectivity index (χ3v) is 6.76. The summed E-state index contributed by atoms with van der Waals surface area (Å²) in [7, 11) is 0. The maximum Gasteiger partial charge on any atom is 0.320 e. The summed E-state index contributed by atoms with van der Waals surface area (Å²) in [6, 6.07) is 16.5. The number of fused-ring (bicyclic) bond motifs is 1. The molecule has 0 N–H and O–H groups in total. The van der Waals surface area contributed by atoms with Gasteiger partial charge in [0.1, 0.15) is 5.25 Å². The number of hydrogen-bond donors (Lipinski definition) is 0. The number of amides is 1. The van der Waals surface area contributed by atoms with E-state index in [0.29, 0.717) is 19.5 Å². The average Bonchev–Trinajstić information content (AvgIpc) is 3.17. The van der Waals surface area contributed by atoms with Gasteiger partial charge in [-0.15, -0.1) is 11.8 Å². The van der Waals surface area contributed by atoms with E-state index in [4.69, 9.17) is 4.74 Å². The Bertz CT molecular complexity index is 868. The molecule has 152 valence electrons. The van der Waals surface area contributed by atoms with E-state index >= 15 is 0 Å². The summed E-state index contributed by atoms with van der Waals surface area (Å²) in [6.07, 6.45) is 0.672. The molecule has 1 saturated heterocycles. The third-order valence-electron chi connectivity index (χ3n) is 5.46. The Hall–Kier alpha value is -2.31. The van der Waals surface area contributed by atoms with Gasteiger partial charge in [-0.05, 0) is 30.5 Å². The molecule has 0 aliphatic carbocycles. The molecule has 0 aromatic heterocycles. The summed E-state index contributed by atoms with van der Waals surface area (Å²) < 4.78 is 5.34. The van der Waals surface area contributed by atoms with Crippen LogP contribution in [-0.4, -0.2) is 59.7 Å². The smallest absolute Gasteiger partial charge is 0.320 e. The van der Waals surface area contributed by atoms with Gasteiger partial charge in [0, 0.05) is 37.6 Å². The fourth-order valence-electron chi connectivity index (χ4n) is 3.85. The summed E-state index contributed by atoms with van der Waals surface area (Å²) in [5.74, 6) is -0.397. The fourth-order valence-corrected chi connectivity index (χ4v) is 5.05. The molecule has 1 unspecified atom stereocenters. The van der Waals surface area contributed by atoms with Crippen LogP contribution in [0.5, 0.6) is 0 Å². The highest BCUT2D eigenvalue weighted by Crippen LogP contribution is 2.37. The predicted molar refractivity (Wildman–Crippen MR) is 114 cm³/mol. The minimum Gasteiger partial charge on any atom is -0.455 e. The van der Waals surface area contributed by atoms with E-state index in [1.165, 1.54) is 28.5 Å². The molecule has 0 bridgehead atoms. The van der Waals surface area contributed by atoms with Gasteiger partial charge in [-0.2, -0.15) is 0 Å². The van der Waals surface area contributed by atoms with Crippen molar-refractivity contribution in [3.05, 3.63) is 65.2 Å². The van der Waals surface area contributed by atoms with Crippen molar-refractivity contribution in [1.82, 2.24) is 9.80 Å². The first-order chi connectivity index (χ1) is 14.1. The number of rotatable bonds is 5. The summed E-state index contributed by atoms with van der Waals surface area (Å²) in [6.45, 7) is 5.85. The summed E-state index contributed by atoms with van der Waals surface area (Å²) in [4.78, 5) is 30.1. The average molecular weight is 411 g/mol. The van der Waals surface area contributed by atoms with Crippen LogP contribution in [0.25, 0.3) is 0 Å². The van der Waals surface area contributed by atoms with Gasteiger partial charge in [0.15, 0.2) is 6.61 Å². The van der Waals surface area contributed by atoms with E-state index in [9.17, 15) is 9.59 Å². The maximum absolute atomic E-state index is 12.5. The Morgan fingerprint density at radius 2 is 1.86 bits per heavy atom. The summed E-state index contributed by atoms with van der Waals surface area (Å²) in [5, 5.41) is -0.244. The zero-order valence-electron chi connectivity index (χ0n) is 16.7. The van der Waals surface area contributed by atoms with Crippen molar-refractivity contribution in [2.45, 2.75) is 30.0 Å². The van der Waals surface area contributed by atoms with Crippen LogP contribution in [0.4, 0.5) is 0 Å². The first-order valence-corrected chi connectivity index (χ1v) is 10.9. The molecule has 2 aliphatic rings. The van der Waals surface area contributed by atoms with Gasteiger partial charge in [0.05, 0.1) is 0 Å². The van der Waals surface area contributed by atoms with E-state index in [2.05, 4.69) is 36.1 Å². The molecule has 2 aliphatic heterocycles. The van der Waals surface area contributed by atoms with Crippen LogP contribution in [0.1, 0.15) is 16.7 Å². The lowest BCUT2D eigenvalue weighted by molar-refractivity contribution is -0.152. The number of esters is 1. The van der Waals surface area contributed by atoms with Gasteiger partial charge in [-0.3, -0.25) is 14.5 Å². The van der Waals surface area contributed by atoms with Crippen LogP contribution in [0.3, 0.4) is 0 Å². The van der Waals surface area contributed by atoms with Gasteiger partial charge in [-0.25, -0.2) is 0 Å². The van der Waals surface area contributed by atoms with Gasteiger partial charge < -0.3 is 9.64 Å². The molecule has 1 amide bonds. The lowest BCUT2D eigenvalue weighted by Crippen LogP contribution is -2.49. The fraction of sp³-hybridized carbons (Fsp3) is 0.391. The Kier molecular flexibility index (Phi) is 6.21. The quantitative estimate of drug-likeness (QED) is 0.710. The maximum atomic E-state index is 12.5. The van der Waals surface area contributed by atoms with Crippen molar-refractivity contribution in [2.75, 3.05) is 32.8 Å². The molecule has 2 aromatic carbocycles. The second-order valence-corrected chi connectivity index (χ2v) is 8.92. The normalized spacial score (nSPS) is 19.1. The highest BCUT2D eigenvalue weighted by molar-refractivity contribution is 8.01. The predicted octanol–water partition coefficient (Wildman–Crippen LogP) is 2.90. The molecule has 1 fully saturated rings. The number of thioether (sulfide) groups is 1. The van der Waals surface area contributed by atoms with Crippen molar-refractivity contribution in [3.63, 3.8) is 0 Å². The van der Waals surface area contributed by atoms with E-state index in [1.54, 1.807) is 4.90 Å². The topological polar surface area (TPSA) is 49.9 Å². The number of piperazine rings is 1. The van der Waals surface area contributed by atoms with Crippen LogP contribution in [0, 0.1) is 6.92 Å². The number of aryl methyl sites for hydroxylation is 1. The number of nitrogens with zero attached hydrogens (tertiary/aromatic N) is 2. The summed E-state index contributed by atoms with van der Waals surface area (Å²) >= 11 is 1.53. The lowest BCUT2D eigenvalue weighted by atomic mass is 10.1. The molecule has 4 rings (SSSR count). The second kappa shape index (κ2) is 9.01. The Morgan fingerprint density at radius 1 is 1.07 bits per heavy atom. The minimum atomic E-state index is -0.294. The van der Waals surface area contributed by atoms with Gasteiger partial charge in [0.25, 0.3) is 5.91 Å². The van der Waals surface area contributed by atoms with Crippen molar-refractivity contribution in [3.8, 4) is 0 Å². The molecule has 2 aromatic rings. The molecule has 5 nitrogen and oxygen atoms in total. The first-order valence-electron chi connectivity index (χ1n) is 10.1. The highest BCUT2D eigenvalue weighted by atomic mass is 32.2. The minimum absolute atomic E-state index is 0.103. The van der Waals surface area contributed by atoms with Crippen LogP contribution < -0.4 is 0 Å². The molecular formula is C23H26N2O3S. The zero-order valence-corrected chi connectivity index (χ0v) is 17.5. The summed E-state index contributed by atoms with van der Waals surface area (Å²) in [5.41, 5.74) is 3.74. The number of carbonyl (C=O) groups excluding carboxylic acids is 2. The number of hydrogen-bond acceptors (Lipinski definition) is 5. The molecule has 6 heteroatoms. The molecule has 2 heterocycles. The third kappa shape index (κ3) is 5.00. The number of ether oxygens (including phenoxy) is 1. The van der Waals surface area contributed by atoms with E-state index < -0.39 is 0 Å². The monoisotopic (exact) mass is 410 g/mol. The van der Waals surface area contributed by atoms with Gasteiger partial charge in [-0.1, -0.05) is 48.0 Å². The van der Waals surface area contributed by atoms with Crippen molar-refractivity contribution in [1.29, 1.82) is 0 Å². The SMILES string of the molecule is Cc1cccc(CN2CCN(C(=O)COC(=O)C3Cc4ccccc4S3)CC2)c1. The standard InChI is InChI=1S/C23H26N2O3S/c1-17-5-4-6-18(13-17)15-24-9-11-25(12-10-24)22(26)16-28-23(27)21-14-19-7-2-3-8-20(19)29-21/h2-8,13,21H,9-12,14-16H2,1H3. The van der Waals surface area contributed by atoms with Crippen LogP contribution in [0.15, 0.2) is 53.4 Å². The zero-order chi connectivity index (χ0) is 20.2. The second-order valence-electron chi connectivity index (χ2n) is 7.67. The van der Waals surface area contributed by atoms with Crippen LogP contribution in [-0.2, 0) is 27.3 Å². The van der Waals surface area contributed by atoms with Crippen molar-refractivity contribution in [2.24, 2.45) is 0 Å². The first kappa shape index (κ1) is 20.0. The van der Waals surface area contributed by atoms with Crippen molar-refractivity contribution >= 4 is 23.6 Å². The Labute approximate surface area is 176 Å². The molecule has 0 radical (unpaired) electrons. The highest BCUT2D eigenvalue weighted by Gasteiger charge is 2.30. The molecule has 0 saturated carbocycles. The van der Waals surface area contributed by atoms with Gasteiger partial charge in [0.2, 0.25) is 0 Å². The van der Waals surface area contributed by atoms with E-state index in [1.807, 2.05) is 24.3 Å². The Morgan fingerprint density at radius 3 is 2.62 bits per heavy atom. The lowest BCUT2D eigenvalue weighted by Gasteiger charge is -2.34. The van der Waals surface area contributed by atoms with E-state index in [-0.39, 0.29) is 23.7 Å². The van der Waals surface area contributed by atoms with Gasteiger partial charge >= 0.3 is 5.97 Å². The van der Waals surface area contributed by atoms with Crippen molar-refractivity contribution < 1.29 is 14.3 Å². The van der Waals surface area contributed by atoms with E-state index in [0.717, 1.165) is 24.5 Å². The van der Waals surface area contributed by atoms with Crippen LogP contribution >= 0.6 is 11.8 Å². The molecule has 1 atom stereocenters. The molecular weight excluding hydrogens is 384 g/mol.